The van der Waals surface area contributed by atoms with Gasteiger partial charge in [-0.05, 0) is 25.1 Å². The number of alkyl halides is 3. The molecule has 0 amide bonds. The highest BCUT2D eigenvalue weighted by atomic mass is 32.1. The van der Waals surface area contributed by atoms with Crippen molar-refractivity contribution in [3.05, 3.63) is 45.9 Å². The Hall–Kier alpha value is -2.11. The third-order valence-electron chi connectivity index (χ3n) is 4.46. The fraction of sp³-hybridized carbons (Fsp3) is 0.412. The van der Waals surface area contributed by atoms with Gasteiger partial charge in [-0.3, -0.25) is 4.90 Å². The largest absolute Gasteiger partial charge is 0.417 e. The molecule has 0 aliphatic carbocycles. The molecule has 4 nitrogen and oxygen atoms in total. The van der Waals surface area contributed by atoms with Gasteiger partial charge in [-0.1, -0.05) is 0 Å². The lowest BCUT2D eigenvalue weighted by atomic mass is 10.1. The number of aromatic nitrogens is 1. The molecule has 1 fully saturated rings. The van der Waals surface area contributed by atoms with Crippen molar-refractivity contribution in [2.75, 3.05) is 31.1 Å². The van der Waals surface area contributed by atoms with Crippen LogP contribution < -0.4 is 4.90 Å². The molecule has 0 bridgehead atoms. The molecule has 1 aromatic carbocycles. The van der Waals surface area contributed by atoms with Crippen LogP contribution in [0.2, 0.25) is 0 Å². The quantitative estimate of drug-likeness (QED) is 0.826. The number of halogens is 3. The van der Waals surface area contributed by atoms with Crippen molar-refractivity contribution in [3.63, 3.8) is 0 Å². The highest BCUT2D eigenvalue weighted by Crippen LogP contribution is 2.35. The predicted octanol–water partition coefficient (Wildman–Crippen LogP) is 3.92. The maximum absolute atomic E-state index is 13.1. The van der Waals surface area contributed by atoms with E-state index in [9.17, 15) is 13.2 Å². The number of anilines is 1. The van der Waals surface area contributed by atoms with Gasteiger partial charge in [0.1, 0.15) is 5.01 Å². The summed E-state index contributed by atoms with van der Waals surface area (Å²) < 4.78 is 39.4. The zero-order chi connectivity index (χ0) is 18.0. The normalized spacial score (nSPS) is 17.3. The van der Waals surface area contributed by atoms with Gasteiger partial charge in [0, 0.05) is 43.4 Å². The number of nitrogens with zero attached hydrogens (tertiary/aromatic N) is 4. The second-order valence-corrected chi connectivity index (χ2v) is 6.83. The lowest BCUT2D eigenvalue weighted by Gasteiger charge is -2.38. The molecule has 1 aromatic heterocycles. The maximum Gasteiger partial charge on any atom is 0.417 e. The average molecular weight is 366 g/mol. The lowest BCUT2D eigenvalue weighted by molar-refractivity contribution is -0.137. The van der Waals surface area contributed by atoms with Crippen LogP contribution >= 0.6 is 11.3 Å². The van der Waals surface area contributed by atoms with E-state index < -0.39 is 11.7 Å². The number of benzene rings is 1. The van der Waals surface area contributed by atoms with E-state index in [0.29, 0.717) is 18.8 Å². The number of nitriles is 1. The highest BCUT2D eigenvalue weighted by molar-refractivity contribution is 7.09. The molecule has 3 rings (SSSR count). The van der Waals surface area contributed by atoms with Gasteiger partial charge in [-0.25, -0.2) is 4.98 Å². The monoisotopic (exact) mass is 366 g/mol. The van der Waals surface area contributed by atoms with Gasteiger partial charge in [-0.15, -0.1) is 11.3 Å². The third kappa shape index (κ3) is 3.78. The van der Waals surface area contributed by atoms with E-state index in [2.05, 4.69) is 16.8 Å². The predicted molar refractivity (Wildman–Crippen MR) is 90.5 cm³/mol. The van der Waals surface area contributed by atoms with Crippen LogP contribution in [0.1, 0.15) is 29.1 Å². The van der Waals surface area contributed by atoms with E-state index in [-0.39, 0.29) is 11.6 Å². The smallest absolute Gasteiger partial charge is 0.369 e. The van der Waals surface area contributed by atoms with Crippen LogP contribution in [0.25, 0.3) is 0 Å². The molecule has 8 heteroatoms. The molecule has 2 aromatic rings. The molecule has 1 aliphatic rings. The molecule has 0 spiro atoms. The topological polar surface area (TPSA) is 43.2 Å². The summed E-state index contributed by atoms with van der Waals surface area (Å²) in [5.74, 6) is 0. The first-order valence-corrected chi connectivity index (χ1v) is 8.78. The van der Waals surface area contributed by atoms with Gasteiger partial charge in [0.2, 0.25) is 0 Å². The molecule has 1 saturated heterocycles. The summed E-state index contributed by atoms with van der Waals surface area (Å²) in [6.07, 6.45) is -2.75. The van der Waals surface area contributed by atoms with Crippen LogP contribution in [0.5, 0.6) is 0 Å². The number of piperazine rings is 1. The zero-order valence-electron chi connectivity index (χ0n) is 13.6. The zero-order valence-corrected chi connectivity index (χ0v) is 14.4. The Bertz CT molecular complexity index is 759. The molecule has 1 unspecified atom stereocenters. The number of thiazole rings is 1. The average Bonchev–Trinajstić information content (AvgIpc) is 3.14. The third-order valence-corrected chi connectivity index (χ3v) is 5.41. The summed E-state index contributed by atoms with van der Waals surface area (Å²) in [5, 5.41) is 11.9. The molecule has 2 heterocycles. The van der Waals surface area contributed by atoms with Crippen molar-refractivity contribution in [1.82, 2.24) is 9.88 Å². The van der Waals surface area contributed by atoms with Gasteiger partial charge in [0.05, 0.1) is 23.2 Å². The van der Waals surface area contributed by atoms with Crippen LogP contribution in [0.15, 0.2) is 29.8 Å². The van der Waals surface area contributed by atoms with Crippen LogP contribution in [-0.2, 0) is 6.18 Å². The lowest BCUT2D eigenvalue weighted by Crippen LogP contribution is -2.47. The van der Waals surface area contributed by atoms with Gasteiger partial charge in [0.15, 0.2) is 0 Å². The molecular formula is C17H17F3N4S. The van der Waals surface area contributed by atoms with E-state index in [1.807, 2.05) is 10.3 Å². The first kappa shape index (κ1) is 17.7. The SMILES string of the molecule is CC(c1nccs1)N1CCN(c2ccc(C#N)c(C(F)(F)F)c2)CC1. The van der Waals surface area contributed by atoms with Crippen LogP contribution in [0, 0.1) is 11.3 Å². The Morgan fingerprint density at radius 1 is 1.24 bits per heavy atom. The van der Waals surface area contributed by atoms with Crippen molar-refractivity contribution < 1.29 is 13.2 Å². The van der Waals surface area contributed by atoms with Crippen LogP contribution in [0.4, 0.5) is 18.9 Å². The standard InChI is InChI=1S/C17H17F3N4S/c1-12(16-22-4-9-25-16)23-5-7-24(8-6-23)14-3-2-13(11-21)15(10-14)17(18,19)20/h2-4,9-10,12H,5-8H2,1H3. The Balaban J connectivity index is 1.72. The number of hydrogen-bond acceptors (Lipinski definition) is 5. The van der Waals surface area contributed by atoms with Gasteiger partial charge < -0.3 is 4.90 Å². The number of hydrogen-bond donors (Lipinski definition) is 0. The maximum atomic E-state index is 13.1. The van der Waals surface area contributed by atoms with Crippen molar-refractivity contribution in [2.45, 2.75) is 19.1 Å². The minimum absolute atomic E-state index is 0.203. The second-order valence-electron chi connectivity index (χ2n) is 5.91. The molecule has 25 heavy (non-hydrogen) atoms. The minimum atomic E-state index is -4.53. The van der Waals surface area contributed by atoms with E-state index in [1.54, 1.807) is 29.7 Å². The first-order chi connectivity index (χ1) is 11.9. The second kappa shape index (κ2) is 7.02. The summed E-state index contributed by atoms with van der Waals surface area (Å²) >= 11 is 1.61. The van der Waals surface area contributed by atoms with E-state index in [4.69, 9.17) is 5.26 Å². The van der Waals surface area contributed by atoms with E-state index in [0.717, 1.165) is 24.2 Å². The fourth-order valence-corrected chi connectivity index (χ4v) is 3.75. The van der Waals surface area contributed by atoms with Crippen LogP contribution in [-0.4, -0.2) is 36.1 Å². The molecular weight excluding hydrogens is 349 g/mol. The molecule has 0 N–H and O–H groups in total. The fourth-order valence-electron chi connectivity index (χ4n) is 3.03. The summed E-state index contributed by atoms with van der Waals surface area (Å²) in [6.45, 7) is 4.87. The summed E-state index contributed by atoms with van der Waals surface area (Å²) in [5.41, 5.74) is -0.703. The molecule has 132 valence electrons. The van der Waals surface area contributed by atoms with E-state index >= 15 is 0 Å². The Kier molecular flexibility index (Phi) is 4.97. The summed E-state index contributed by atoms with van der Waals surface area (Å²) in [7, 11) is 0. The molecule has 1 aliphatic heterocycles. The summed E-state index contributed by atoms with van der Waals surface area (Å²) in [6, 6.07) is 5.75. The highest BCUT2D eigenvalue weighted by Gasteiger charge is 2.34. The van der Waals surface area contributed by atoms with E-state index in [1.165, 1.54) is 6.07 Å². The van der Waals surface area contributed by atoms with Crippen molar-refractivity contribution in [3.8, 4) is 6.07 Å². The Labute approximate surface area is 148 Å². The van der Waals surface area contributed by atoms with Crippen molar-refractivity contribution >= 4 is 17.0 Å². The number of rotatable bonds is 3. The van der Waals surface area contributed by atoms with Gasteiger partial charge in [-0.2, -0.15) is 18.4 Å². The Morgan fingerprint density at radius 3 is 2.52 bits per heavy atom. The molecule has 1 atom stereocenters. The molecule has 0 saturated carbocycles. The minimum Gasteiger partial charge on any atom is -0.369 e. The Morgan fingerprint density at radius 2 is 1.96 bits per heavy atom. The van der Waals surface area contributed by atoms with Gasteiger partial charge in [0.25, 0.3) is 0 Å². The summed E-state index contributed by atoms with van der Waals surface area (Å²) in [4.78, 5) is 8.55. The first-order valence-electron chi connectivity index (χ1n) is 7.90. The van der Waals surface area contributed by atoms with Crippen molar-refractivity contribution in [1.29, 1.82) is 5.26 Å². The molecule has 0 radical (unpaired) electrons. The van der Waals surface area contributed by atoms with Gasteiger partial charge >= 0.3 is 6.18 Å². The van der Waals surface area contributed by atoms with Crippen molar-refractivity contribution in [2.24, 2.45) is 0 Å². The van der Waals surface area contributed by atoms with Crippen LogP contribution in [0.3, 0.4) is 0 Å².